The molecule has 17 heavy (non-hydrogen) atoms. The molecule has 2 heterocycles. The van der Waals surface area contributed by atoms with Crippen LogP contribution < -0.4 is 10.6 Å². The average molecular weight is 263 g/mol. The van der Waals surface area contributed by atoms with Crippen LogP contribution in [-0.2, 0) is 9.53 Å². The Balaban J connectivity index is 0.00000144. The molecule has 2 fully saturated rings. The van der Waals surface area contributed by atoms with Gasteiger partial charge in [0.15, 0.2) is 0 Å². The number of hydrogen-bond donors (Lipinski definition) is 2. The fraction of sp³-hybridized carbons (Fsp3) is 0.917. The van der Waals surface area contributed by atoms with E-state index >= 15 is 0 Å². The quantitative estimate of drug-likeness (QED) is 0.801. The van der Waals surface area contributed by atoms with Crippen molar-refractivity contribution in [3.05, 3.63) is 0 Å². The predicted molar refractivity (Wildman–Crippen MR) is 69.4 cm³/mol. The Morgan fingerprint density at radius 1 is 1.53 bits per heavy atom. The number of hydrogen-bond acceptors (Lipinski definition) is 3. The van der Waals surface area contributed by atoms with Gasteiger partial charge in [0, 0.05) is 19.7 Å². The zero-order valence-corrected chi connectivity index (χ0v) is 11.3. The molecule has 0 aromatic rings. The molecule has 1 amide bonds. The van der Waals surface area contributed by atoms with Gasteiger partial charge in [-0.05, 0) is 37.6 Å². The van der Waals surface area contributed by atoms with E-state index in [1.807, 2.05) is 0 Å². The lowest BCUT2D eigenvalue weighted by atomic mass is 9.83. The number of nitrogens with one attached hydrogen (secondary N) is 2. The summed E-state index contributed by atoms with van der Waals surface area (Å²) < 4.78 is 5.36. The summed E-state index contributed by atoms with van der Waals surface area (Å²) in [4.78, 5) is 11.8. The summed E-state index contributed by atoms with van der Waals surface area (Å²) in [6, 6.07) is 0. The van der Waals surface area contributed by atoms with E-state index in [1.165, 1.54) is 12.8 Å². The first-order valence-electron chi connectivity index (χ1n) is 6.30. The molecule has 0 aromatic carbocycles. The molecule has 2 N–H and O–H groups in total. The van der Waals surface area contributed by atoms with Crippen LogP contribution in [0.3, 0.4) is 0 Å². The molecule has 2 unspecified atom stereocenters. The highest BCUT2D eigenvalue weighted by atomic mass is 35.5. The van der Waals surface area contributed by atoms with E-state index in [2.05, 4.69) is 17.6 Å². The Morgan fingerprint density at radius 2 is 2.35 bits per heavy atom. The largest absolute Gasteiger partial charge is 0.368 e. The van der Waals surface area contributed by atoms with Gasteiger partial charge in [-0.2, -0.15) is 0 Å². The van der Waals surface area contributed by atoms with Crippen molar-refractivity contribution in [2.24, 2.45) is 5.41 Å². The number of amides is 1. The first-order valence-corrected chi connectivity index (χ1v) is 6.30. The topological polar surface area (TPSA) is 50.4 Å². The van der Waals surface area contributed by atoms with Gasteiger partial charge >= 0.3 is 0 Å². The summed E-state index contributed by atoms with van der Waals surface area (Å²) in [6.45, 7) is 5.83. The van der Waals surface area contributed by atoms with E-state index in [0.717, 1.165) is 39.1 Å². The number of piperidine rings is 1. The highest BCUT2D eigenvalue weighted by Crippen LogP contribution is 2.24. The third kappa shape index (κ3) is 4.12. The summed E-state index contributed by atoms with van der Waals surface area (Å²) in [5.41, 5.74) is 0.215. The second-order valence-electron chi connectivity index (χ2n) is 5.31. The van der Waals surface area contributed by atoms with Crippen molar-refractivity contribution >= 4 is 18.3 Å². The van der Waals surface area contributed by atoms with Gasteiger partial charge in [0.25, 0.3) is 0 Å². The smallest absolute Gasteiger partial charge is 0.249 e. The Labute approximate surface area is 109 Å². The number of rotatable bonds is 3. The van der Waals surface area contributed by atoms with Crippen LogP contribution in [0, 0.1) is 5.41 Å². The van der Waals surface area contributed by atoms with Crippen molar-refractivity contribution in [2.45, 2.75) is 38.7 Å². The Kier molecular flexibility index (Phi) is 5.70. The van der Waals surface area contributed by atoms with Gasteiger partial charge in [0.1, 0.15) is 6.10 Å². The molecule has 5 heteroatoms. The normalized spacial score (nSPS) is 32.9. The minimum atomic E-state index is -0.194. The molecule has 2 saturated heterocycles. The second kappa shape index (κ2) is 6.57. The number of carbonyl (C=O) groups is 1. The highest BCUT2D eigenvalue weighted by molar-refractivity contribution is 5.85. The fourth-order valence-corrected chi connectivity index (χ4v) is 2.47. The standard InChI is InChI=1S/C12H22N2O2.ClH/c1-12(5-3-6-13-8-12)9-14-11(15)10-4-2-7-16-10;/h10,13H,2-9H2,1H3,(H,14,15);1H. The molecule has 0 aliphatic carbocycles. The van der Waals surface area contributed by atoms with Gasteiger partial charge in [-0.25, -0.2) is 0 Å². The molecule has 2 aliphatic heterocycles. The van der Waals surface area contributed by atoms with E-state index in [4.69, 9.17) is 4.74 Å². The SMILES string of the molecule is CC1(CNC(=O)C2CCCO2)CCCNC1.Cl. The monoisotopic (exact) mass is 262 g/mol. The second-order valence-corrected chi connectivity index (χ2v) is 5.31. The summed E-state index contributed by atoms with van der Waals surface area (Å²) in [5.74, 6) is 0.0734. The van der Waals surface area contributed by atoms with Crippen molar-refractivity contribution in [3.8, 4) is 0 Å². The lowest BCUT2D eigenvalue weighted by molar-refractivity contribution is -0.130. The number of halogens is 1. The highest BCUT2D eigenvalue weighted by Gasteiger charge is 2.29. The van der Waals surface area contributed by atoms with E-state index in [1.54, 1.807) is 0 Å². The first-order chi connectivity index (χ1) is 7.70. The van der Waals surface area contributed by atoms with Crippen LogP contribution in [0.15, 0.2) is 0 Å². The zero-order chi connectivity index (χ0) is 11.4. The lowest BCUT2D eigenvalue weighted by Crippen LogP contribution is -2.47. The van der Waals surface area contributed by atoms with Gasteiger partial charge < -0.3 is 15.4 Å². The minimum absolute atomic E-state index is 0. The van der Waals surface area contributed by atoms with Crippen molar-refractivity contribution < 1.29 is 9.53 Å². The van der Waals surface area contributed by atoms with Crippen LogP contribution in [0.1, 0.15) is 32.6 Å². The molecular formula is C12H23ClN2O2. The molecule has 100 valence electrons. The Bertz CT molecular complexity index is 249. The fourth-order valence-electron chi connectivity index (χ4n) is 2.47. The van der Waals surface area contributed by atoms with Gasteiger partial charge in [0.05, 0.1) is 0 Å². The maximum Gasteiger partial charge on any atom is 0.249 e. The van der Waals surface area contributed by atoms with Gasteiger partial charge in [-0.1, -0.05) is 6.92 Å². The summed E-state index contributed by atoms with van der Waals surface area (Å²) in [7, 11) is 0. The van der Waals surface area contributed by atoms with Crippen molar-refractivity contribution in [3.63, 3.8) is 0 Å². The number of ether oxygens (including phenoxy) is 1. The third-order valence-corrected chi connectivity index (χ3v) is 3.60. The van der Waals surface area contributed by atoms with Gasteiger partial charge in [-0.3, -0.25) is 4.79 Å². The van der Waals surface area contributed by atoms with Crippen LogP contribution in [-0.4, -0.2) is 38.3 Å². The lowest BCUT2D eigenvalue weighted by Gasteiger charge is -2.34. The van der Waals surface area contributed by atoms with Crippen molar-refractivity contribution in [1.29, 1.82) is 0 Å². The van der Waals surface area contributed by atoms with Crippen LogP contribution in [0.25, 0.3) is 0 Å². The molecule has 0 bridgehead atoms. The minimum Gasteiger partial charge on any atom is -0.368 e. The van der Waals surface area contributed by atoms with Crippen LogP contribution in [0.5, 0.6) is 0 Å². The maximum absolute atomic E-state index is 11.8. The van der Waals surface area contributed by atoms with E-state index in [0.29, 0.717) is 0 Å². The molecule has 0 spiro atoms. The summed E-state index contributed by atoms with van der Waals surface area (Å²) in [5, 5.41) is 6.42. The van der Waals surface area contributed by atoms with Crippen molar-refractivity contribution in [2.75, 3.05) is 26.2 Å². The van der Waals surface area contributed by atoms with E-state index in [-0.39, 0.29) is 29.8 Å². The van der Waals surface area contributed by atoms with Gasteiger partial charge in [-0.15, -0.1) is 12.4 Å². The predicted octanol–water partition coefficient (Wildman–Crippen LogP) is 1.09. The van der Waals surface area contributed by atoms with Crippen LogP contribution in [0.4, 0.5) is 0 Å². The zero-order valence-electron chi connectivity index (χ0n) is 10.5. The summed E-state index contributed by atoms with van der Waals surface area (Å²) in [6.07, 6.45) is 4.08. The van der Waals surface area contributed by atoms with E-state index < -0.39 is 0 Å². The molecular weight excluding hydrogens is 240 g/mol. The third-order valence-electron chi connectivity index (χ3n) is 3.60. The van der Waals surface area contributed by atoms with Crippen LogP contribution >= 0.6 is 12.4 Å². The van der Waals surface area contributed by atoms with E-state index in [9.17, 15) is 4.79 Å². The van der Waals surface area contributed by atoms with Crippen molar-refractivity contribution in [1.82, 2.24) is 10.6 Å². The Hall–Kier alpha value is -0.320. The molecule has 0 radical (unpaired) electrons. The Morgan fingerprint density at radius 3 is 2.94 bits per heavy atom. The summed E-state index contributed by atoms with van der Waals surface area (Å²) >= 11 is 0. The van der Waals surface area contributed by atoms with Crippen LogP contribution in [0.2, 0.25) is 0 Å². The van der Waals surface area contributed by atoms with Gasteiger partial charge in [0.2, 0.25) is 5.91 Å². The first kappa shape index (κ1) is 14.7. The molecule has 4 nitrogen and oxygen atoms in total. The molecule has 0 saturated carbocycles. The number of carbonyl (C=O) groups excluding carboxylic acids is 1. The molecule has 0 aromatic heterocycles. The molecule has 2 rings (SSSR count). The average Bonchev–Trinajstić information content (AvgIpc) is 2.80. The maximum atomic E-state index is 11.8. The molecule has 2 aliphatic rings. The molecule has 2 atom stereocenters.